The summed E-state index contributed by atoms with van der Waals surface area (Å²) in [5.41, 5.74) is 1.69. The van der Waals surface area contributed by atoms with E-state index < -0.39 is 35.4 Å². The third kappa shape index (κ3) is 6.16. The Kier molecular flexibility index (Phi) is 7.57. The predicted octanol–water partition coefficient (Wildman–Crippen LogP) is 5.84. The van der Waals surface area contributed by atoms with E-state index in [0.29, 0.717) is 23.3 Å². The highest BCUT2D eigenvalue weighted by molar-refractivity contribution is 5.97. The number of nitrogens with zero attached hydrogens (tertiary/aromatic N) is 3. The summed E-state index contributed by atoms with van der Waals surface area (Å²) in [6.45, 7) is 3.04. The number of carbonyl (C=O) groups is 2. The number of rotatable bonds is 7. The molecule has 0 saturated carbocycles. The van der Waals surface area contributed by atoms with Crippen molar-refractivity contribution in [3.8, 4) is 16.9 Å². The Bertz CT molecular complexity index is 1410. The molecular weight excluding hydrogens is 483 g/mol. The summed E-state index contributed by atoms with van der Waals surface area (Å²) in [6.07, 6.45) is 0. The number of benzene rings is 3. The van der Waals surface area contributed by atoms with E-state index in [1.807, 2.05) is 30.3 Å². The van der Waals surface area contributed by atoms with Crippen LogP contribution in [0.4, 0.5) is 29.5 Å². The number of carbonyl (C=O) groups excluding carboxylic acids is 2. The minimum atomic E-state index is -0.932. The van der Waals surface area contributed by atoms with Gasteiger partial charge in [-0.25, -0.2) is 22.6 Å². The van der Waals surface area contributed by atoms with Gasteiger partial charge in [-0.3, -0.25) is 4.79 Å². The molecule has 190 valence electrons. The van der Waals surface area contributed by atoms with Crippen LogP contribution in [0.25, 0.3) is 16.9 Å². The summed E-state index contributed by atoms with van der Waals surface area (Å²) < 4.78 is 42.2. The van der Waals surface area contributed by atoms with Crippen molar-refractivity contribution in [2.24, 2.45) is 0 Å². The molecule has 0 aliphatic heterocycles. The van der Waals surface area contributed by atoms with E-state index in [-0.39, 0.29) is 12.2 Å². The fourth-order valence-corrected chi connectivity index (χ4v) is 3.60. The number of aromatic nitrogens is 2. The standard InChI is InChI=1S/C27H24F3N5O2/c1-17(2)34(27(37)31-23-13-10-20(29)14-22(23)30)16-26(36)32-25-15-24(18-6-4-3-5-7-18)33-35(25)21-11-8-19(28)9-12-21/h3-15,17H,16H2,1-2H3,(H,31,37)(H,32,36). The topological polar surface area (TPSA) is 79.3 Å². The average Bonchev–Trinajstić information content (AvgIpc) is 3.28. The quantitative estimate of drug-likeness (QED) is 0.330. The summed E-state index contributed by atoms with van der Waals surface area (Å²) >= 11 is 0. The van der Waals surface area contributed by atoms with E-state index >= 15 is 0 Å². The van der Waals surface area contributed by atoms with Gasteiger partial charge in [-0.2, -0.15) is 5.10 Å². The molecule has 1 aromatic heterocycles. The Morgan fingerprint density at radius 1 is 0.892 bits per heavy atom. The number of hydrogen-bond donors (Lipinski definition) is 2. The van der Waals surface area contributed by atoms with Crippen LogP contribution in [0, 0.1) is 17.5 Å². The fourth-order valence-electron chi connectivity index (χ4n) is 3.60. The van der Waals surface area contributed by atoms with Crippen LogP contribution in [0.2, 0.25) is 0 Å². The molecule has 4 rings (SSSR count). The highest BCUT2D eigenvalue weighted by Crippen LogP contribution is 2.25. The van der Waals surface area contributed by atoms with Gasteiger partial charge in [0.1, 0.15) is 29.8 Å². The Morgan fingerprint density at radius 2 is 1.57 bits per heavy atom. The van der Waals surface area contributed by atoms with E-state index in [1.54, 1.807) is 19.9 Å². The van der Waals surface area contributed by atoms with Crippen molar-refractivity contribution in [1.29, 1.82) is 0 Å². The van der Waals surface area contributed by atoms with Crippen LogP contribution in [-0.4, -0.2) is 39.2 Å². The molecule has 0 aliphatic carbocycles. The molecule has 0 fully saturated rings. The molecule has 0 spiro atoms. The van der Waals surface area contributed by atoms with E-state index in [9.17, 15) is 22.8 Å². The summed E-state index contributed by atoms with van der Waals surface area (Å²) in [7, 11) is 0. The average molecular weight is 508 g/mol. The molecule has 10 heteroatoms. The summed E-state index contributed by atoms with van der Waals surface area (Å²) in [6, 6.07) is 18.2. The van der Waals surface area contributed by atoms with Gasteiger partial charge in [-0.05, 0) is 50.2 Å². The lowest BCUT2D eigenvalue weighted by atomic mass is 10.1. The summed E-state index contributed by atoms with van der Waals surface area (Å²) in [4.78, 5) is 27.0. The molecule has 0 bridgehead atoms. The van der Waals surface area contributed by atoms with Gasteiger partial charge >= 0.3 is 6.03 Å². The SMILES string of the molecule is CC(C)N(CC(=O)Nc1cc(-c2ccccc2)nn1-c1ccc(F)cc1)C(=O)Nc1ccc(F)cc1F. The van der Waals surface area contributed by atoms with Crippen molar-refractivity contribution >= 4 is 23.4 Å². The molecular formula is C27H24F3N5O2. The molecule has 2 N–H and O–H groups in total. The molecule has 0 unspecified atom stereocenters. The van der Waals surface area contributed by atoms with Gasteiger partial charge in [0.05, 0.1) is 17.1 Å². The van der Waals surface area contributed by atoms with Gasteiger partial charge in [-0.15, -0.1) is 0 Å². The van der Waals surface area contributed by atoms with Crippen LogP contribution in [0.5, 0.6) is 0 Å². The van der Waals surface area contributed by atoms with Gasteiger partial charge in [-0.1, -0.05) is 30.3 Å². The van der Waals surface area contributed by atoms with E-state index in [0.717, 1.165) is 17.7 Å². The van der Waals surface area contributed by atoms with Crippen molar-refractivity contribution < 1.29 is 22.8 Å². The largest absolute Gasteiger partial charge is 0.322 e. The molecule has 7 nitrogen and oxygen atoms in total. The highest BCUT2D eigenvalue weighted by atomic mass is 19.1. The van der Waals surface area contributed by atoms with Crippen LogP contribution >= 0.6 is 0 Å². The number of halogens is 3. The lowest BCUT2D eigenvalue weighted by Gasteiger charge is -2.26. The van der Waals surface area contributed by atoms with Gasteiger partial charge in [0.2, 0.25) is 5.91 Å². The third-order valence-corrected chi connectivity index (χ3v) is 5.49. The van der Waals surface area contributed by atoms with Crippen LogP contribution < -0.4 is 10.6 Å². The number of anilines is 2. The molecule has 0 saturated heterocycles. The van der Waals surface area contributed by atoms with Gasteiger partial charge in [0.15, 0.2) is 0 Å². The fraction of sp³-hybridized carbons (Fsp3) is 0.148. The predicted molar refractivity (Wildman–Crippen MR) is 135 cm³/mol. The van der Waals surface area contributed by atoms with Gasteiger partial charge in [0, 0.05) is 23.7 Å². The molecule has 0 atom stereocenters. The molecule has 3 aromatic carbocycles. The highest BCUT2D eigenvalue weighted by Gasteiger charge is 2.23. The van der Waals surface area contributed by atoms with Crippen molar-refractivity contribution in [1.82, 2.24) is 14.7 Å². The van der Waals surface area contributed by atoms with Crippen molar-refractivity contribution in [3.05, 3.63) is 96.3 Å². The maximum absolute atomic E-state index is 14.0. The second kappa shape index (κ2) is 11.0. The second-order valence-corrected chi connectivity index (χ2v) is 8.49. The summed E-state index contributed by atoms with van der Waals surface area (Å²) in [5, 5.41) is 9.70. The number of urea groups is 1. The first-order valence-electron chi connectivity index (χ1n) is 11.4. The zero-order valence-electron chi connectivity index (χ0n) is 20.1. The molecule has 1 heterocycles. The van der Waals surface area contributed by atoms with Crippen LogP contribution in [0.15, 0.2) is 78.9 Å². The number of amides is 3. The van der Waals surface area contributed by atoms with Gasteiger partial charge < -0.3 is 15.5 Å². The van der Waals surface area contributed by atoms with Crippen LogP contribution in [0.3, 0.4) is 0 Å². The molecule has 37 heavy (non-hydrogen) atoms. The summed E-state index contributed by atoms with van der Waals surface area (Å²) in [5.74, 6) is -2.35. The minimum absolute atomic E-state index is 0.209. The van der Waals surface area contributed by atoms with Crippen LogP contribution in [0.1, 0.15) is 13.8 Å². The zero-order chi connectivity index (χ0) is 26.5. The maximum Gasteiger partial charge on any atom is 0.322 e. The van der Waals surface area contributed by atoms with E-state index in [2.05, 4.69) is 15.7 Å². The van der Waals surface area contributed by atoms with Crippen molar-refractivity contribution in [2.45, 2.75) is 19.9 Å². The maximum atomic E-state index is 14.0. The van der Waals surface area contributed by atoms with Crippen molar-refractivity contribution in [2.75, 3.05) is 17.2 Å². The monoisotopic (exact) mass is 507 g/mol. The van der Waals surface area contributed by atoms with Gasteiger partial charge in [0.25, 0.3) is 0 Å². The first-order chi connectivity index (χ1) is 17.7. The first-order valence-corrected chi connectivity index (χ1v) is 11.4. The molecule has 0 radical (unpaired) electrons. The Labute approximate surface area is 211 Å². The van der Waals surface area contributed by atoms with Crippen molar-refractivity contribution in [3.63, 3.8) is 0 Å². The molecule has 4 aromatic rings. The van der Waals surface area contributed by atoms with Crippen LogP contribution in [-0.2, 0) is 4.79 Å². The normalized spacial score (nSPS) is 10.9. The third-order valence-electron chi connectivity index (χ3n) is 5.49. The zero-order valence-corrected chi connectivity index (χ0v) is 20.1. The number of nitrogens with one attached hydrogen (secondary N) is 2. The lowest BCUT2D eigenvalue weighted by Crippen LogP contribution is -2.44. The first kappa shape index (κ1) is 25.5. The molecule has 3 amide bonds. The smallest absolute Gasteiger partial charge is 0.313 e. The Hall–Kier alpha value is -4.60. The van der Waals surface area contributed by atoms with E-state index in [1.165, 1.54) is 33.8 Å². The Balaban J connectivity index is 1.56. The lowest BCUT2D eigenvalue weighted by molar-refractivity contribution is -0.117. The number of hydrogen-bond acceptors (Lipinski definition) is 3. The minimum Gasteiger partial charge on any atom is -0.313 e. The second-order valence-electron chi connectivity index (χ2n) is 8.49. The van der Waals surface area contributed by atoms with E-state index in [4.69, 9.17) is 0 Å². The molecule has 0 aliphatic rings. The Morgan fingerprint density at radius 3 is 2.22 bits per heavy atom.